The molecule has 6 nitrogen and oxygen atoms in total. The van der Waals surface area contributed by atoms with Gasteiger partial charge < -0.3 is 4.90 Å². The van der Waals surface area contributed by atoms with Gasteiger partial charge in [0.05, 0.1) is 18.6 Å². The number of quaternary nitrogens is 1. The van der Waals surface area contributed by atoms with Gasteiger partial charge in [0.2, 0.25) is 5.82 Å². The number of likely N-dealkylation sites (tertiary alicyclic amines) is 1. The van der Waals surface area contributed by atoms with E-state index in [0.29, 0.717) is 0 Å². The second kappa shape index (κ2) is 6.74. The van der Waals surface area contributed by atoms with Gasteiger partial charge in [-0.15, -0.1) is 5.10 Å². The van der Waals surface area contributed by atoms with Crippen LogP contribution in [0.1, 0.15) is 63.9 Å². The van der Waals surface area contributed by atoms with Crippen molar-refractivity contribution >= 4 is 0 Å². The smallest absolute Gasteiger partial charge is 0.214 e. The fourth-order valence-electron chi connectivity index (χ4n) is 3.45. The molecular weight excluding hydrogens is 288 g/mol. The molecule has 0 unspecified atom stereocenters. The summed E-state index contributed by atoms with van der Waals surface area (Å²) in [7, 11) is 0. The Morgan fingerprint density at radius 1 is 1.04 bits per heavy atom. The topological polar surface area (TPSA) is 60.9 Å². The second-order valence-corrected chi connectivity index (χ2v) is 7.41. The molecule has 0 spiro atoms. The summed E-state index contributed by atoms with van der Waals surface area (Å²) in [5.41, 5.74) is 1.12. The van der Waals surface area contributed by atoms with E-state index in [1.54, 1.807) is 4.90 Å². The van der Waals surface area contributed by atoms with E-state index in [2.05, 4.69) is 53.4 Å². The van der Waals surface area contributed by atoms with Crippen LogP contribution in [0.4, 0.5) is 0 Å². The molecule has 3 rings (SSSR count). The normalized spacial score (nSPS) is 18.6. The zero-order chi connectivity index (χ0) is 16.3. The lowest BCUT2D eigenvalue weighted by Crippen LogP contribution is -3.12. The molecule has 0 aliphatic carbocycles. The molecule has 124 valence electrons. The molecular formula is C17H27N6+. The SMILES string of the molecule is CC(C)(C)n1nnnc1[C@H](c1ccncc1)[NH+]1CCCCCC1. The Hall–Kier alpha value is -1.82. The summed E-state index contributed by atoms with van der Waals surface area (Å²) in [4.78, 5) is 5.74. The summed E-state index contributed by atoms with van der Waals surface area (Å²) in [6, 6.07) is 4.37. The highest BCUT2D eigenvalue weighted by atomic mass is 15.6. The van der Waals surface area contributed by atoms with Crippen LogP contribution in [0.5, 0.6) is 0 Å². The Morgan fingerprint density at radius 2 is 1.70 bits per heavy atom. The van der Waals surface area contributed by atoms with Crippen molar-refractivity contribution in [1.29, 1.82) is 0 Å². The van der Waals surface area contributed by atoms with Crippen molar-refractivity contribution in [1.82, 2.24) is 25.2 Å². The Balaban J connectivity index is 2.04. The van der Waals surface area contributed by atoms with Crippen LogP contribution in [0.15, 0.2) is 24.5 Å². The largest absolute Gasteiger partial charge is 0.322 e. The van der Waals surface area contributed by atoms with Crippen molar-refractivity contribution in [3.63, 3.8) is 0 Å². The molecule has 0 aromatic carbocycles. The van der Waals surface area contributed by atoms with Crippen molar-refractivity contribution in [2.45, 2.75) is 58.0 Å². The number of hydrogen-bond donors (Lipinski definition) is 1. The molecule has 6 heteroatoms. The lowest BCUT2D eigenvalue weighted by atomic mass is 10.0. The standard InChI is InChI=1S/C17H26N6/c1-17(2,3)23-16(19-20-21-23)15(14-8-10-18-11-9-14)22-12-6-4-5-7-13-22/h8-11,15H,4-7,12-13H2,1-3H3/p+1/t15-/m0/s1. The molecule has 1 aliphatic heterocycles. The summed E-state index contributed by atoms with van der Waals surface area (Å²) >= 11 is 0. The van der Waals surface area contributed by atoms with Gasteiger partial charge in [0.1, 0.15) is 0 Å². The van der Waals surface area contributed by atoms with Gasteiger partial charge >= 0.3 is 0 Å². The van der Waals surface area contributed by atoms with E-state index in [9.17, 15) is 0 Å². The van der Waals surface area contributed by atoms with Crippen LogP contribution in [0.25, 0.3) is 0 Å². The Kier molecular flexibility index (Phi) is 4.71. The van der Waals surface area contributed by atoms with Crippen molar-refractivity contribution in [3.8, 4) is 0 Å². The second-order valence-electron chi connectivity index (χ2n) is 7.41. The molecule has 0 radical (unpaired) electrons. The van der Waals surface area contributed by atoms with Crippen molar-refractivity contribution < 1.29 is 4.90 Å². The third-order valence-corrected chi connectivity index (χ3v) is 4.58. The molecule has 1 atom stereocenters. The Labute approximate surface area is 137 Å². The predicted molar refractivity (Wildman–Crippen MR) is 88.1 cm³/mol. The van der Waals surface area contributed by atoms with E-state index < -0.39 is 0 Å². The fraction of sp³-hybridized carbons (Fsp3) is 0.647. The first-order valence-electron chi connectivity index (χ1n) is 8.60. The molecule has 2 aromatic heterocycles. The van der Waals surface area contributed by atoms with Gasteiger partial charge in [0, 0.05) is 18.0 Å². The fourth-order valence-corrected chi connectivity index (χ4v) is 3.45. The number of nitrogens with one attached hydrogen (secondary N) is 1. The monoisotopic (exact) mass is 315 g/mol. The molecule has 2 aromatic rings. The molecule has 1 saturated heterocycles. The number of nitrogens with zero attached hydrogens (tertiary/aromatic N) is 5. The first-order valence-corrected chi connectivity index (χ1v) is 8.60. The summed E-state index contributed by atoms with van der Waals surface area (Å²) in [6.45, 7) is 8.78. The Morgan fingerprint density at radius 3 is 2.30 bits per heavy atom. The van der Waals surface area contributed by atoms with E-state index in [4.69, 9.17) is 0 Å². The highest BCUT2D eigenvalue weighted by Crippen LogP contribution is 2.22. The summed E-state index contributed by atoms with van der Waals surface area (Å²) in [5.74, 6) is 0.959. The van der Waals surface area contributed by atoms with E-state index >= 15 is 0 Å². The zero-order valence-electron chi connectivity index (χ0n) is 14.4. The van der Waals surface area contributed by atoms with Crippen LogP contribution < -0.4 is 4.90 Å². The van der Waals surface area contributed by atoms with Crippen molar-refractivity contribution in [2.24, 2.45) is 0 Å². The molecule has 1 fully saturated rings. The highest BCUT2D eigenvalue weighted by molar-refractivity contribution is 5.19. The summed E-state index contributed by atoms with van der Waals surface area (Å²) < 4.78 is 1.98. The predicted octanol–water partition coefficient (Wildman–Crippen LogP) is 1.37. The van der Waals surface area contributed by atoms with Crippen molar-refractivity contribution in [2.75, 3.05) is 13.1 Å². The number of rotatable bonds is 3. The Bertz CT molecular complexity index is 608. The number of pyridine rings is 1. The third kappa shape index (κ3) is 3.58. The lowest BCUT2D eigenvalue weighted by molar-refractivity contribution is -0.925. The van der Waals surface area contributed by atoms with Crippen LogP contribution in [-0.4, -0.2) is 38.3 Å². The summed E-state index contributed by atoms with van der Waals surface area (Å²) in [6.07, 6.45) is 8.94. The van der Waals surface area contributed by atoms with Crippen LogP contribution >= 0.6 is 0 Å². The maximum atomic E-state index is 4.43. The average Bonchev–Trinajstić information content (AvgIpc) is 2.86. The van der Waals surface area contributed by atoms with E-state index in [1.165, 1.54) is 44.3 Å². The van der Waals surface area contributed by atoms with Gasteiger partial charge in [0.15, 0.2) is 6.04 Å². The van der Waals surface area contributed by atoms with Crippen LogP contribution in [0, 0.1) is 0 Å². The van der Waals surface area contributed by atoms with E-state index in [1.807, 2.05) is 17.1 Å². The molecule has 1 aliphatic rings. The minimum absolute atomic E-state index is 0.130. The minimum Gasteiger partial charge on any atom is -0.322 e. The van der Waals surface area contributed by atoms with Gasteiger partial charge in [-0.3, -0.25) is 4.98 Å². The molecule has 0 bridgehead atoms. The number of hydrogen-bond acceptors (Lipinski definition) is 4. The van der Waals surface area contributed by atoms with Gasteiger partial charge in [-0.25, -0.2) is 4.68 Å². The third-order valence-electron chi connectivity index (χ3n) is 4.58. The van der Waals surface area contributed by atoms with Gasteiger partial charge in [-0.2, -0.15) is 0 Å². The van der Waals surface area contributed by atoms with Crippen LogP contribution in [0.2, 0.25) is 0 Å². The summed E-state index contributed by atoms with van der Waals surface area (Å²) in [5, 5.41) is 12.7. The van der Waals surface area contributed by atoms with E-state index in [-0.39, 0.29) is 11.6 Å². The van der Waals surface area contributed by atoms with Gasteiger partial charge in [-0.05, 0) is 69.0 Å². The quantitative estimate of drug-likeness (QED) is 0.929. The van der Waals surface area contributed by atoms with Gasteiger partial charge in [0.25, 0.3) is 0 Å². The maximum Gasteiger partial charge on any atom is 0.214 e. The highest BCUT2D eigenvalue weighted by Gasteiger charge is 2.34. The zero-order valence-corrected chi connectivity index (χ0v) is 14.4. The maximum absolute atomic E-state index is 4.43. The molecule has 1 N–H and O–H groups in total. The molecule has 3 heterocycles. The molecule has 0 saturated carbocycles. The molecule has 0 amide bonds. The number of aromatic nitrogens is 5. The van der Waals surface area contributed by atoms with E-state index in [0.717, 1.165) is 5.82 Å². The van der Waals surface area contributed by atoms with Crippen LogP contribution in [-0.2, 0) is 5.54 Å². The average molecular weight is 315 g/mol. The first-order chi connectivity index (χ1) is 11.1. The minimum atomic E-state index is -0.130. The lowest BCUT2D eigenvalue weighted by Gasteiger charge is -2.29. The molecule has 23 heavy (non-hydrogen) atoms. The van der Waals surface area contributed by atoms with Crippen molar-refractivity contribution in [3.05, 3.63) is 35.9 Å². The van der Waals surface area contributed by atoms with Gasteiger partial charge in [-0.1, -0.05) is 0 Å². The first kappa shape index (κ1) is 16.1. The van der Waals surface area contributed by atoms with Crippen LogP contribution in [0.3, 0.4) is 0 Å². The number of tetrazole rings is 1.